The molecule has 0 radical (unpaired) electrons. The number of carbonyl (C=O) groups excluding carboxylic acids is 1. The van der Waals surface area contributed by atoms with Crippen LogP contribution in [-0.4, -0.2) is 11.0 Å². The van der Waals surface area contributed by atoms with Crippen molar-refractivity contribution in [1.29, 1.82) is 5.26 Å². The molecule has 1 amide bonds. The fourth-order valence-electron chi connectivity index (χ4n) is 1.89. The zero-order valence-corrected chi connectivity index (χ0v) is 14.4. The summed E-state index contributed by atoms with van der Waals surface area (Å²) in [5.74, 6) is -0.603. The number of nitriles is 1. The van der Waals surface area contributed by atoms with Crippen molar-refractivity contribution in [2.75, 3.05) is 5.32 Å². The van der Waals surface area contributed by atoms with E-state index in [2.05, 4.69) is 21.2 Å². The molecule has 2 aromatic carbocycles. The van der Waals surface area contributed by atoms with Gasteiger partial charge < -0.3 is 10.4 Å². The predicted octanol–water partition coefficient (Wildman–Crippen LogP) is 4.66. The van der Waals surface area contributed by atoms with Crippen LogP contribution in [0.2, 0.25) is 5.02 Å². The normalized spacial score (nSPS) is 11.0. The van der Waals surface area contributed by atoms with Crippen molar-refractivity contribution < 1.29 is 9.90 Å². The molecule has 0 saturated heterocycles. The molecule has 2 aromatic rings. The van der Waals surface area contributed by atoms with Gasteiger partial charge in [0.1, 0.15) is 17.4 Å². The van der Waals surface area contributed by atoms with E-state index >= 15 is 0 Å². The Morgan fingerprint density at radius 1 is 1.39 bits per heavy atom. The van der Waals surface area contributed by atoms with Crippen LogP contribution in [0.25, 0.3) is 6.08 Å². The molecule has 23 heavy (non-hydrogen) atoms. The predicted molar refractivity (Wildman–Crippen MR) is 94.2 cm³/mol. The Morgan fingerprint density at radius 3 is 2.70 bits per heavy atom. The molecule has 0 aromatic heterocycles. The highest BCUT2D eigenvalue weighted by molar-refractivity contribution is 9.10. The van der Waals surface area contributed by atoms with Crippen LogP contribution in [0.1, 0.15) is 11.1 Å². The molecule has 0 heterocycles. The van der Waals surface area contributed by atoms with E-state index in [-0.39, 0.29) is 16.3 Å². The molecule has 2 N–H and O–H groups in total. The van der Waals surface area contributed by atoms with Gasteiger partial charge in [-0.25, -0.2) is 0 Å². The Morgan fingerprint density at radius 2 is 2.09 bits per heavy atom. The van der Waals surface area contributed by atoms with Crippen LogP contribution in [0.15, 0.2) is 46.4 Å². The highest BCUT2D eigenvalue weighted by Gasteiger charge is 2.12. The number of phenolic OH excluding ortho intramolecular Hbond substituents is 1. The number of rotatable bonds is 3. The first-order valence-corrected chi connectivity index (χ1v) is 7.76. The van der Waals surface area contributed by atoms with Crippen molar-refractivity contribution >= 4 is 45.2 Å². The SMILES string of the molecule is Cc1ccccc1NC(=O)/C(C#N)=C\c1cc(Cl)c(O)c(Br)c1. The minimum Gasteiger partial charge on any atom is -0.505 e. The van der Waals surface area contributed by atoms with Crippen LogP contribution in [0.3, 0.4) is 0 Å². The number of nitrogens with zero attached hydrogens (tertiary/aromatic N) is 1. The van der Waals surface area contributed by atoms with E-state index in [0.29, 0.717) is 15.7 Å². The number of hydrogen-bond donors (Lipinski definition) is 2. The summed E-state index contributed by atoms with van der Waals surface area (Å²) in [7, 11) is 0. The molecule has 0 atom stereocenters. The van der Waals surface area contributed by atoms with Crippen LogP contribution in [0.5, 0.6) is 5.75 Å². The maximum atomic E-state index is 12.2. The molecule has 0 unspecified atom stereocenters. The standard InChI is InChI=1S/C17H12BrClN2O2/c1-10-4-2-3-5-15(10)21-17(23)12(9-20)6-11-7-13(18)16(22)14(19)8-11/h2-8,22H,1H3,(H,21,23)/b12-6-. The van der Waals surface area contributed by atoms with Crippen molar-refractivity contribution in [1.82, 2.24) is 0 Å². The summed E-state index contributed by atoms with van der Waals surface area (Å²) in [6.45, 7) is 1.86. The van der Waals surface area contributed by atoms with E-state index in [0.717, 1.165) is 5.56 Å². The van der Waals surface area contributed by atoms with Crippen LogP contribution >= 0.6 is 27.5 Å². The number of aromatic hydroxyl groups is 1. The summed E-state index contributed by atoms with van der Waals surface area (Å²) in [6.07, 6.45) is 1.41. The molecule has 0 saturated carbocycles. The third-order valence-corrected chi connectivity index (χ3v) is 4.00. The van der Waals surface area contributed by atoms with E-state index in [1.807, 2.05) is 25.1 Å². The van der Waals surface area contributed by atoms with E-state index in [1.54, 1.807) is 18.2 Å². The van der Waals surface area contributed by atoms with Gasteiger partial charge in [-0.2, -0.15) is 5.26 Å². The smallest absolute Gasteiger partial charge is 0.266 e. The third kappa shape index (κ3) is 4.13. The van der Waals surface area contributed by atoms with Crippen LogP contribution in [-0.2, 0) is 4.79 Å². The van der Waals surface area contributed by atoms with Crippen molar-refractivity contribution in [2.24, 2.45) is 0 Å². The lowest BCUT2D eigenvalue weighted by Gasteiger charge is -2.07. The highest BCUT2D eigenvalue weighted by Crippen LogP contribution is 2.33. The fraction of sp³-hybridized carbons (Fsp3) is 0.0588. The molecule has 116 valence electrons. The first-order chi connectivity index (χ1) is 10.9. The number of carbonyl (C=O) groups is 1. The van der Waals surface area contributed by atoms with Gasteiger partial charge in [0, 0.05) is 5.69 Å². The van der Waals surface area contributed by atoms with Gasteiger partial charge in [0.25, 0.3) is 5.91 Å². The lowest BCUT2D eigenvalue weighted by molar-refractivity contribution is -0.112. The number of halogens is 2. The average molecular weight is 392 g/mol. The average Bonchev–Trinajstić information content (AvgIpc) is 2.52. The highest BCUT2D eigenvalue weighted by atomic mass is 79.9. The number of amides is 1. The second-order valence-electron chi connectivity index (χ2n) is 4.77. The number of nitrogens with one attached hydrogen (secondary N) is 1. The second kappa shape index (κ2) is 7.32. The Labute approximate surface area is 147 Å². The van der Waals surface area contributed by atoms with Crippen molar-refractivity contribution in [3.05, 3.63) is 62.6 Å². The van der Waals surface area contributed by atoms with Crippen LogP contribution in [0.4, 0.5) is 5.69 Å². The summed E-state index contributed by atoms with van der Waals surface area (Å²) in [5.41, 5.74) is 2.00. The fourth-order valence-corrected chi connectivity index (χ4v) is 2.71. The maximum absolute atomic E-state index is 12.2. The first-order valence-electron chi connectivity index (χ1n) is 6.59. The largest absolute Gasteiger partial charge is 0.505 e. The molecule has 0 aliphatic rings. The van der Waals surface area contributed by atoms with Gasteiger partial charge >= 0.3 is 0 Å². The maximum Gasteiger partial charge on any atom is 0.266 e. The zero-order valence-electron chi connectivity index (χ0n) is 12.1. The summed E-state index contributed by atoms with van der Waals surface area (Å²) in [6, 6.07) is 12.2. The van der Waals surface area contributed by atoms with Gasteiger partial charge in [-0.05, 0) is 58.3 Å². The van der Waals surface area contributed by atoms with Gasteiger partial charge in [0.05, 0.1) is 9.50 Å². The van der Waals surface area contributed by atoms with Gasteiger partial charge in [-0.1, -0.05) is 29.8 Å². The quantitative estimate of drug-likeness (QED) is 0.590. The molecule has 4 nitrogen and oxygen atoms in total. The molecule has 6 heteroatoms. The molecule has 0 spiro atoms. The lowest BCUT2D eigenvalue weighted by atomic mass is 10.1. The van der Waals surface area contributed by atoms with E-state index in [9.17, 15) is 15.2 Å². The number of phenols is 1. The minimum absolute atomic E-state index is 0.0677. The van der Waals surface area contributed by atoms with E-state index in [1.165, 1.54) is 12.1 Å². The van der Waals surface area contributed by atoms with E-state index in [4.69, 9.17) is 11.6 Å². The van der Waals surface area contributed by atoms with E-state index < -0.39 is 5.91 Å². The zero-order chi connectivity index (χ0) is 17.0. The lowest BCUT2D eigenvalue weighted by Crippen LogP contribution is -2.14. The van der Waals surface area contributed by atoms with Gasteiger partial charge in [0.15, 0.2) is 0 Å². The summed E-state index contributed by atoms with van der Waals surface area (Å²) >= 11 is 9.05. The summed E-state index contributed by atoms with van der Waals surface area (Å²) in [5, 5.41) is 21.7. The van der Waals surface area contributed by atoms with Gasteiger partial charge in [0.2, 0.25) is 0 Å². The Kier molecular flexibility index (Phi) is 5.43. The Balaban J connectivity index is 2.31. The van der Waals surface area contributed by atoms with Gasteiger partial charge in [-0.3, -0.25) is 4.79 Å². The molecular formula is C17H12BrClN2O2. The molecule has 0 aliphatic heterocycles. The van der Waals surface area contributed by atoms with Gasteiger partial charge in [-0.15, -0.1) is 0 Å². The Hall–Kier alpha value is -2.29. The van der Waals surface area contributed by atoms with Crippen molar-refractivity contribution in [3.63, 3.8) is 0 Å². The Bertz CT molecular complexity index is 818. The first kappa shape index (κ1) is 17.1. The molecule has 0 fully saturated rings. The number of hydrogen-bond acceptors (Lipinski definition) is 3. The number of anilines is 1. The van der Waals surface area contributed by atoms with Crippen LogP contribution in [0, 0.1) is 18.3 Å². The van der Waals surface area contributed by atoms with Crippen molar-refractivity contribution in [3.8, 4) is 11.8 Å². The third-order valence-electron chi connectivity index (χ3n) is 3.11. The molecular weight excluding hydrogens is 380 g/mol. The monoisotopic (exact) mass is 390 g/mol. The molecule has 0 bridgehead atoms. The second-order valence-corrected chi connectivity index (χ2v) is 6.03. The number of benzene rings is 2. The number of aryl methyl sites for hydroxylation is 1. The molecule has 2 rings (SSSR count). The number of para-hydroxylation sites is 1. The molecule has 0 aliphatic carbocycles. The summed E-state index contributed by atoms with van der Waals surface area (Å²) < 4.78 is 0.382. The topological polar surface area (TPSA) is 73.1 Å². The summed E-state index contributed by atoms with van der Waals surface area (Å²) in [4.78, 5) is 12.2. The van der Waals surface area contributed by atoms with Crippen molar-refractivity contribution in [2.45, 2.75) is 6.92 Å². The van der Waals surface area contributed by atoms with Crippen LogP contribution < -0.4 is 5.32 Å². The minimum atomic E-state index is -0.512.